The Balaban J connectivity index is 1.95. The van der Waals surface area contributed by atoms with Gasteiger partial charge in [-0.15, -0.1) is 0 Å². The van der Waals surface area contributed by atoms with E-state index in [1.807, 2.05) is 24.3 Å². The first kappa shape index (κ1) is 10.2. The third-order valence-electron chi connectivity index (χ3n) is 3.98. The normalized spacial score (nSPS) is 37.1. The number of rotatable bonds is 0. The minimum atomic E-state index is -0.352. The second-order valence-corrected chi connectivity index (χ2v) is 5.39. The van der Waals surface area contributed by atoms with Gasteiger partial charge in [0.25, 0.3) is 0 Å². The van der Waals surface area contributed by atoms with Gasteiger partial charge in [0.15, 0.2) is 0 Å². The molecule has 1 aromatic rings. The maximum Gasteiger partial charge on any atom is 0.125 e. The molecule has 1 saturated carbocycles. The van der Waals surface area contributed by atoms with E-state index in [9.17, 15) is 5.11 Å². The lowest BCUT2D eigenvalue weighted by Gasteiger charge is -2.38. The van der Waals surface area contributed by atoms with Crippen LogP contribution in [0.15, 0.2) is 24.3 Å². The van der Waals surface area contributed by atoms with Gasteiger partial charge in [-0.05, 0) is 31.2 Å². The van der Waals surface area contributed by atoms with Gasteiger partial charge in [-0.25, -0.2) is 0 Å². The van der Waals surface area contributed by atoms with Crippen LogP contribution in [0.25, 0.3) is 0 Å². The van der Waals surface area contributed by atoms with Crippen LogP contribution in [0.1, 0.15) is 44.3 Å². The van der Waals surface area contributed by atoms with E-state index >= 15 is 0 Å². The topological polar surface area (TPSA) is 29.5 Å². The number of ether oxygens (including phenoxy) is 1. The van der Waals surface area contributed by atoms with Crippen molar-refractivity contribution in [2.24, 2.45) is 5.92 Å². The van der Waals surface area contributed by atoms with Crippen LogP contribution < -0.4 is 4.74 Å². The molecule has 16 heavy (non-hydrogen) atoms. The van der Waals surface area contributed by atoms with Crippen molar-refractivity contribution < 1.29 is 9.84 Å². The van der Waals surface area contributed by atoms with Crippen molar-refractivity contribution in [1.82, 2.24) is 0 Å². The summed E-state index contributed by atoms with van der Waals surface area (Å²) in [4.78, 5) is 0. The fraction of sp³-hybridized carbons (Fsp3) is 0.571. The molecule has 1 fully saturated rings. The van der Waals surface area contributed by atoms with Crippen molar-refractivity contribution in [1.29, 1.82) is 0 Å². The molecule has 3 atom stereocenters. The van der Waals surface area contributed by atoms with Crippen molar-refractivity contribution >= 4 is 0 Å². The second kappa shape index (κ2) is 3.49. The maximum absolute atomic E-state index is 10.2. The molecule has 2 aliphatic rings. The van der Waals surface area contributed by atoms with E-state index in [2.05, 4.69) is 6.92 Å². The first-order chi connectivity index (χ1) is 7.69. The monoisotopic (exact) mass is 218 g/mol. The number of para-hydroxylation sites is 1. The van der Waals surface area contributed by atoms with Crippen molar-refractivity contribution in [2.45, 2.75) is 44.3 Å². The minimum absolute atomic E-state index is 0.0901. The van der Waals surface area contributed by atoms with Gasteiger partial charge in [0.2, 0.25) is 0 Å². The molecule has 1 heterocycles. The number of aliphatic hydroxyl groups excluding tert-OH is 1. The van der Waals surface area contributed by atoms with E-state index < -0.39 is 0 Å². The highest BCUT2D eigenvalue weighted by Gasteiger charge is 2.44. The smallest absolute Gasteiger partial charge is 0.125 e. The Morgan fingerprint density at radius 1 is 1.31 bits per heavy atom. The van der Waals surface area contributed by atoms with Gasteiger partial charge >= 0.3 is 0 Å². The predicted octanol–water partition coefficient (Wildman–Crippen LogP) is 3.06. The van der Waals surface area contributed by atoms with Crippen molar-refractivity contribution in [3.8, 4) is 5.75 Å². The van der Waals surface area contributed by atoms with Crippen LogP contribution in [-0.4, -0.2) is 10.7 Å². The highest BCUT2D eigenvalue weighted by molar-refractivity contribution is 5.38. The zero-order valence-electron chi connectivity index (χ0n) is 9.65. The molecule has 2 nitrogen and oxygen atoms in total. The van der Waals surface area contributed by atoms with Crippen LogP contribution in [0.5, 0.6) is 5.75 Å². The predicted molar refractivity (Wildman–Crippen MR) is 62.4 cm³/mol. The molecule has 0 saturated heterocycles. The molecule has 1 spiro atoms. The Morgan fingerprint density at radius 2 is 2.12 bits per heavy atom. The molecular formula is C14H18O2. The molecule has 3 rings (SSSR count). The molecule has 0 bridgehead atoms. The molecule has 0 amide bonds. The zero-order chi connectivity index (χ0) is 11.2. The van der Waals surface area contributed by atoms with Crippen molar-refractivity contribution in [3.05, 3.63) is 29.8 Å². The lowest BCUT2D eigenvalue weighted by molar-refractivity contribution is -0.0116. The third kappa shape index (κ3) is 1.52. The Kier molecular flexibility index (Phi) is 2.21. The van der Waals surface area contributed by atoms with Crippen LogP contribution >= 0.6 is 0 Å². The quantitative estimate of drug-likeness (QED) is 0.725. The molecule has 2 heteroatoms. The lowest BCUT2D eigenvalue weighted by atomic mass is 9.87. The number of benzene rings is 1. The summed E-state index contributed by atoms with van der Waals surface area (Å²) in [6.45, 7) is 2.27. The Labute approximate surface area is 96.2 Å². The van der Waals surface area contributed by atoms with Gasteiger partial charge in [0.05, 0.1) is 6.10 Å². The summed E-state index contributed by atoms with van der Waals surface area (Å²) in [5.74, 6) is 1.60. The average Bonchev–Trinajstić information content (AvgIpc) is 2.59. The summed E-state index contributed by atoms with van der Waals surface area (Å²) >= 11 is 0. The Morgan fingerprint density at radius 3 is 2.88 bits per heavy atom. The molecule has 1 aromatic carbocycles. The third-order valence-corrected chi connectivity index (χ3v) is 3.98. The molecule has 0 aromatic heterocycles. The maximum atomic E-state index is 10.2. The fourth-order valence-corrected chi connectivity index (χ4v) is 3.21. The number of aliphatic hydroxyl groups is 1. The lowest BCUT2D eigenvalue weighted by Crippen LogP contribution is -2.38. The number of hydrogen-bond donors (Lipinski definition) is 1. The van der Waals surface area contributed by atoms with Crippen LogP contribution in [0.3, 0.4) is 0 Å². The minimum Gasteiger partial charge on any atom is -0.487 e. The highest BCUT2D eigenvalue weighted by atomic mass is 16.5. The molecular weight excluding hydrogens is 200 g/mol. The molecule has 1 aliphatic carbocycles. The molecule has 86 valence electrons. The van der Waals surface area contributed by atoms with Gasteiger partial charge in [-0.3, -0.25) is 0 Å². The fourth-order valence-electron chi connectivity index (χ4n) is 3.21. The summed E-state index contributed by atoms with van der Waals surface area (Å²) < 4.78 is 6.16. The number of fused-ring (bicyclic) bond motifs is 1. The van der Waals surface area contributed by atoms with Crippen LogP contribution in [0, 0.1) is 5.92 Å². The van der Waals surface area contributed by atoms with E-state index in [-0.39, 0.29) is 11.7 Å². The van der Waals surface area contributed by atoms with Gasteiger partial charge in [-0.2, -0.15) is 0 Å². The largest absolute Gasteiger partial charge is 0.487 e. The van der Waals surface area contributed by atoms with E-state index in [1.54, 1.807) is 0 Å². The summed E-state index contributed by atoms with van der Waals surface area (Å²) in [6, 6.07) is 7.87. The van der Waals surface area contributed by atoms with E-state index in [4.69, 9.17) is 4.74 Å². The first-order valence-corrected chi connectivity index (χ1v) is 6.15. The molecule has 1 aliphatic heterocycles. The van der Waals surface area contributed by atoms with Crippen molar-refractivity contribution in [2.75, 3.05) is 0 Å². The second-order valence-electron chi connectivity index (χ2n) is 5.39. The summed E-state index contributed by atoms with van der Waals surface area (Å²) in [5.41, 5.74) is 0.861. The summed E-state index contributed by atoms with van der Waals surface area (Å²) in [7, 11) is 0. The standard InChI is InChI=1S/C14H18O2/c1-10-6-7-14(8-10)9-12(15)11-4-2-3-5-13(11)16-14/h2-5,10,12,15H,6-9H2,1H3/t10?,12-,14?/m1/s1. The van der Waals surface area contributed by atoms with Gasteiger partial charge in [0, 0.05) is 12.0 Å². The first-order valence-electron chi connectivity index (χ1n) is 6.15. The van der Waals surface area contributed by atoms with Gasteiger partial charge in [-0.1, -0.05) is 25.1 Å². The summed E-state index contributed by atoms with van der Waals surface area (Å²) in [6.07, 6.45) is 3.79. The molecule has 0 radical (unpaired) electrons. The summed E-state index contributed by atoms with van der Waals surface area (Å²) in [5, 5.41) is 10.2. The van der Waals surface area contributed by atoms with Gasteiger partial charge < -0.3 is 9.84 Å². The Bertz CT molecular complexity index is 401. The molecule has 1 N–H and O–H groups in total. The SMILES string of the molecule is CC1CCC2(C1)C[C@@H](O)c1ccccc1O2. The zero-order valence-corrected chi connectivity index (χ0v) is 9.65. The van der Waals surface area contributed by atoms with E-state index in [0.29, 0.717) is 0 Å². The van der Waals surface area contributed by atoms with E-state index in [1.165, 1.54) is 6.42 Å². The van der Waals surface area contributed by atoms with Gasteiger partial charge in [0.1, 0.15) is 11.4 Å². The van der Waals surface area contributed by atoms with Crippen LogP contribution in [0.4, 0.5) is 0 Å². The highest BCUT2D eigenvalue weighted by Crippen LogP contribution is 2.48. The van der Waals surface area contributed by atoms with Crippen LogP contribution in [0.2, 0.25) is 0 Å². The van der Waals surface area contributed by atoms with Crippen molar-refractivity contribution in [3.63, 3.8) is 0 Å². The molecule has 2 unspecified atom stereocenters. The Hall–Kier alpha value is -1.02. The average molecular weight is 218 g/mol. The van der Waals surface area contributed by atoms with E-state index in [0.717, 1.165) is 36.5 Å². The van der Waals surface area contributed by atoms with Crippen LogP contribution in [-0.2, 0) is 0 Å². The number of hydrogen-bond acceptors (Lipinski definition) is 2.